The largest absolute Gasteiger partial charge is 0.497 e. The molecule has 0 saturated carbocycles. The molecule has 2 heterocycles. The molecule has 25 heavy (non-hydrogen) atoms. The van der Waals surface area contributed by atoms with Crippen molar-refractivity contribution < 1.29 is 18.1 Å². The van der Waals surface area contributed by atoms with Crippen molar-refractivity contribution in [2.75, 3.05) is 12.4 Å². The molecular formula is C19H17NO4S. The van der Waals surface area contributed by atoms with E-state index in [1.807, 2.05) is 60.7 Å². The van der Waals surface area contributed by atoms with E-state index in [2.05, 4.69) is 5.32 Å². The van der Waals surface area contributed by atoms with Gasteiger partial charge in [-0.25, -0.2) is 0 Å². The minimum Gasteiger partial charge on any atom is -0.497 e. The summed E-state index contributed by atoms with van der Waals surface area (Å²) in [4.78, 5) is 0.709. The number of methoxy groups -OCH3 is 1. The van der Waals surface area contributed by atoms with Gasteiger partial charge in [-0.15, -0.1) is 0 Å². The van der Waals surface area contributed by atoms with Crippen LogP contribution < -0.4 is 14.8 Å². The van der Waals surface area contributed by atoms with Crippen LogP contribution in [0.4, 0.5) is 5.69 Å². The molecule has 3 aromatic rings. The van der Waals surface area contributed by atoms with E-state index in [1.165, 1.54) is 0 Å². The number of hydrogen-bond acceptors (Lipinski definition) is 5. The third kappa shape index (κ3) is 3.00. The second-order valence-electron chi connectivity index (χ2n) is 5.60. The fourth-order valence-electron chi connectivity index (χ4n) is 2.81. The van der Waals surface area contributed by atoms with Crippen LogP contribution >= 0.6 is 0 Å². The number of para-hydroxylation sites is 1. The predicted molar refractivity (Wildman–Crippen MR) is 95.3 cm³/mol. The van der Waals surface area contributed by atoms with Gasteiger partial charge < -0.3 is 19.2 Å². The van der Waals surface area contributed by atoms with Crippen molar-refractivity contribution in [3.05, 3.63) is 72.7 Å². The van der Waals surface area contributed by atoms with Crippen LogP contribution in [-0.2, 0) is 10.8 Å². The number of anilines is 1. The molecule has 1 aromatic heterocycles. The lowest BCUT2D eigenvalue weighted by atomic mass is 10.2. The summed E-state index contributed by atoms with van der Waals surface area (Å²) >= 11 is 0. The molecule has 0 spiro atoms. The molecule has 1 N–H and O–H groups in total. The lowest BCUT2D eigenvalue weighted by Crippen LogP contribution is -2.30. The molecule has 0 fully saturated rings. The van der Waals surface area contributed by atoms with Crippen molar-refractivity contribution in [2.45, 2.75) is 16.4 Å². The van der Waals surface area contributed by atoms with Gasteiger partial charge in [0.15, 0.2) is 0 Å². The van der Waals surface area contributed by atoms with Gasteiger partial charge >= 0.3 is 0 Å². The normalized spacial score (nSPS) is 19.7. The van der Waals surface area contributed by atoms with Gasteiger partial charge in [-0.1, -0.05) is 12.1 Å². The van der Waals surface area contributed by atoms with Crippen molar-refractivity contribution in [2.24, 2.45) is 0 Å². The zero-order chi connectivity index (χ0) is 17.2. The first kappa shape index (κ1) is 15.8. The van der Waals surface area contributed by atoms with E-state index in [-0.39, 0.29) is 0 Å². The molecule has 0 aliphatic carbocycles. The maximum Gasteiger partial charge on any atom is 0.204 e. The van der Waals surface area contributed by atoms with E-state index in [9.17, 15) is 4.21 Å². The standard InChI is InChI=1S/C19H17NO4S/c1-22-14-10-8-13(9-11-14)20-18(16-6-4-12-23-16)19-24-15-5-2-3-7-17(15)25(19)21/h2-12,18-20H,1H3/t18-,19+,25-/m0/s1. The summed E-state index contributed by atoms with van der Waals surface area (Å²) in [6, 6.07) is 18.2. The quantitative estimate of drug-likeness (QED) is 0.750. The van der Waals surface area contributed by atoms with Crippen LogP contribution in [0.2, 0.25) is 0 Å². The summed E-state index contributed by atoms with van der Waals surface area (Å²) in [5.74, 6) is 2.09. The van der Waals surface area contributed by atoms with Crippen LogP contribution in [0, 0.1) is 0 Å². The van der Waals surface area contributed by atoms with Crippen molar-refractivity contribution in [1.82, 2.24) is 0 Å². The molecule has 3 atom stereocenters. The van der Waals surface area contributed by atoms with Gasteiger partial charge in [0, 0.05) is 5.69 Å². The molecule has 2 aromatic carbocycles. The topological polar surface area (TPSA) is 60.7 Å². The van der Waals surface area contributed by atoms with E-state index in [0.29, 0.717) is 16.4 Å². The van der Waals surface area contributed by atoms with Crippen molar-refractivity contribution >= 4 is 16.5 Å². The van der Waals surface area contributed by atoms with E-state index >= 15 is 0 Å². The number of hydrogen-bond donors (Lipinski definition) is 1. The molecular weight excluding hydrogens is 338 g/mol. The average molecular weight is 355 g/mol. The Hall–Kier alpha value is -2.73. The number of nitrogens with one attached hydrogen (secondary N) is 1. The second-order valence-corrected chi connectivity index (χ2v) is 7.10. The molecule has 0 bridgehead atoms. The SMILES string of the molecule is COc1ccc(N[C@@H](c2ccco2)[C@@H]2Oc3ccccc3[S@@]2=O)cc1. The maximum absolute atomic E-state index is 12.9. The zero-order valence-corrected chi connectivity index (χ0v) is 14.4. The van der Waals surface area contributed by atoms with E-state index in [0.717, 1.165) is 11.4 Å². The van der Waals surface area contributed by atoms with Crippen LogP contribution in [0.1, 0.15) is 11.8 Å². The van der Waals surface area contributed by atoms with Gasteiger partial charge in [-0.3, -0.25) is 4.21 Å². The Morgan fingerprint density at radius 3 is 2.56 bits per heavy atom. The second kappa shape index (κ2) is 6.64. The van der Waals surface area contributed by atoms with Gasteiger partial charge in [0.25, 0.3) is 0 Å². The van der Waals surface area contributed by atoms with Crippen LogP contribution in [0.3, 0.4) is 0 Å². The Balaban J connectivity index is 1.65. The van der Waals surface area contributed by atoms with Crippen molar-refractivity contribution in [3.8, 4) is 11.5 Å². The van der Waals surface area contributed by atoms with Gasteiger partial charge in [-0.05, 0) is 48.5 Å². The number of furan rings is 1. The highest BCUT2D eigenvalue weighted by Crippen LogP contribution is 2.39. The first-order valence-electron chi connectivity index (χ1n) is 7.86. The molecule has 1 aliphatic rings. The van der Waals surface area contributed by atoms with Gasteiger partial charge in [0.05, 0.1) is 18.3 Å². The zero-order valence-electron chi connectivity index (χ0n) is 13.5. The fourth-order valence-corrected chi connectivity index (χ4v) is 4.23. The molecule has 0 unspecified atom stereocenters. The molecule has 1 aliphatic heterocycles. The van der Waals surface area contributed by atoms with Crippen LogP contribution in [0.5, 0.6) is 11.5 Å². The Morgan fingerprint density at radius 1 is 1.08 bits per heavy atom. The Bertz CT molecular complexity index is 877. The number of fused-ring (bicyclic) bond motifs is 1. The van der Waals surface area contributed by atoms with Gasteiger partial charge in [0.1, 0.15) is 34.1 Å². The summed E-state index contributed by atoms with van der Waals surface area (Å²) in [5, 5.41) is 3.37. The van der Waals surface area contributed by atoms with Crippen LogP contribution in [0.15, 0.2) is 76.2 Å². The maximum atomic E-state index is 12.9. The smallest absolute Gasteiger partial charge is 0.204 e. The Morgan fingerprint density at radius 2 is 1.88 bits per heavy atom. The molecule has 6 heteroatoms. The summed E-state index contributed by atoms with van der Waals surface area (Å²) in [5.41, 5.74) is 0.282. The third-order valence-electron chi connectivity index (χ3n) is 4.05. The lowest BCUT2D eigenvalue weighted by Gasteiger charge is -2.23. The summed E-state index contributed by atoms with van der Waals surface area (Å²) in [6.07, 6.45) is 1.60. The Labute approximate surface area is 148 Å². The van der Waals surface area contributed by atoms with Crippen LogP contribution in [-0.4, -0.2) is 16.8 Å². The van der Waals surface area contributed by atoms with Crippen molar-refractivity contribution in [1.29, 1.82) is 0 Å². The summed E-state index contributed by atoms with van der Waals surface area (Å²) in [6.45, 7) is 0. The third-order valence-corrected chi connectivity index (χ3v) is 5.62. The monoisotopic (exact) mass is 355 g/mol. The predicted octanol–water partition coefficient (Wildman–Crippen LogP) is 3.97. The van der Waals surface area contributed by atoms with E-state index in [1.54, 1.807) is 13.4 Å². The van der Waals surface area contributed by atoms with E-state index < -0.39 is 22.3 Å². The fraction of sp³-hybridized carbons (Fsp3) is 0.158. The van der Waals surface area contributed by atoms with Crippen LogP contribution in [0.25, 0.3) is 0 Å². The number of rotatable bonds is 5. The molecule has 0 radical (unpaired) electrons. The Kier molecular flexibility index (Phi) is 4.19. The highest BCUT2D eigenvalue weighted by Gasteiger charge is 2.39. The van der Waals surface area contributed by atoms with E-state index in [4.69, 9.17) is 13.9 Å². The molecule has 4 rings (SSSR count). The summed E-state index contributed by atoms with van der Waals surface area (Å²) < 4.78 is 29.6. The highest BCUT2D eigenvalue weighted by molar-refractivity contribution is 7.86. The first-order valence-corrected chi connectivity index (χ1v) is 9.08. The van der Waals surface area contributed by atoms with Crippen molar-refractivity contribution in [3.63, 3.8) is 0 Å². The van der Waals surface area contributed by atoms with Gasteiger partial charge in [0.2, 0.25) is 5.44 Å². The highest BCUT2D eigenvalue weighted by atomic mass is 32.2. The lowest BCUT2D eigenvalue weighted by molar-refractivity contribution is 0.253. The summed E-state index contributed by atoms with van der Waals surface area (Å²) in [7, 11) is 0.326. The molecule has 5 nitrogen and oxygen atoms in total. The minimum atomic E-state index is -1.30. The minimum absolute atomic E-state index is 0.392. The van der Waals surface area contributed by atoms with Gasteiger partial charge in [-0.2, -0.15) is 0 Å². The molecule has 128 valence electrons. The average Bonchev–Trinajstić information content (AvgIpc) is 3.29. The number of ether oxygens (including phenoxy) is 2. The molecule has 0 saturated heterocycles. The molecule has 0 amide bonds. The number of benzene rings is 2. The first-order chi connectivity index (χ1) is 12.3.